The van der Waals surface area contributed by atoms with Gasteiger partial charge in [-0.3, -0.25) is 4.79 Å². The van der Waals surface area contributed by atoms with Gasteiger partial charge in [0.2, 0.25) is 0 Å². The minimum absolute atomic E-state index is 0.0597. The molecule has 0 fully saturated rings. The van der Waals surface area contributed by atoms with Gasteiger partial charge in [0.05, 0.1) is 19.0 Å². The van der Waals surface area contributed by atoms with Crippen LogP contribution in [0.3, 0.4) is 0 Å². The molecule has 1 aromatic heterocycles. The number of benzene rings is 2. The van der Waals surface area contributed by atoms with Gasteiger partial charge in [-0.05, 0) is 48.5 Å². The first-order valence-electron chi connectivity index (χ1n) is 8.08. The third-order valence-corrected chi connectivity index (χ3v) is 3.52. The number of aromatic nitrogens is 1. The maximum Gasteiger partial charge on any atom is 0.262 e. The van der Waals surface area contributed by atoms with Crippen molar-refractivity contribution in [3.63, 3.8) is 0 Å². The topological polar surface area (TPSA) is 72.5 Å². The van der Waals surface area contributed by atoms with Crippen molar-refractivity contribution in [3.05, 3.63) is 72.9 Å². The molecule has 0 unspecified atom stereocenters. The molecule has 6 nitrogen and oxygen atoms in total. The second-order valence-electron chi connectivity index (χ2n) is 5.44. The number of ether oxygens (including phenoxy) is 2. The monoisotopic (exact) mass is 349 g/mol. The fraction of sp³-hybridized carbons (Fsp3) is 0.100. The summed E-state index contributed by atoms with van der Waals surface area (Å²) in [5.41, 5.74) is 1.50. The molecule has 0 atom stereocenters. The number of nitrogens with one attached hydrogen (secondary N) is 2. The van der Waals surface area contributed by atoms with Gasteiger partial charge < -0.3 is 20.1 Å². The van der Waals surface area contributed by atoms with Crippen molar-refractivity contribution >= 4 is 23.1 Å². The van der Waals surface area contributed by atoms with E-state index in [2.05, 4.69) is 15.6 Å². The Morgan fingerprint density at radius 1 is 0.923 bits per heavy atom. The van der Waals surface area contributed by atoms with E-state index in [1.807, 2.05) is 42.5 Å². The van der Waals surface area contributed by atoms with E-state index in [0.29, 0.717) is 17.3 Å². The molecule has 1 amide bonds. The molecule has 0 saturated carbocycles. The Morgan fingerprint density at radius 2 is 1.65 bits per heavy atom. The number of carbonyl (C=O) groups is 1. The van der Waals surface area contributed by atoms with Gasteiger partial charge in [0.1, 0.15) is 17.3 Å². The van der Waals surface area contributed by atoms with Gasteiger partial charge in [0, 0.05) is 5.69 Å². The van der Waals surface area contributed by atoms with E-state index in [0.717, 1.165) is 11.4 Å². The van der Waals surface area contributed by atoms with E-state index in [1.165, 1.54) is 0 Å². The van der Waals surface area contributed by atoms with Gasteiger partial charge in [-0.2, -0.15) is 0 Å². The number of para-hydroxylation sites is 1. The number of pyridine rings is 1. The van der Waals surface area contributed by atoms with E-state index in [4.69, 9.17) is 9.47 Å². The van der Waals surface area contributed by atoms with Crippen molar-refractivity contribution in [2.24, 2.45) is 0 Å². The van der Waals surface area contributed by atoms with Gasteiger partial charge in [-0.25, -0.2) is 4.98 Å². The molecule has 0 radical (unpaired) electrons. The summed E-state index contributed by atoms with van der Waals surface area (Å²) in [5, 5.41) is 5.93. The highest BCUT2D eigenvalue weighted by Crippen LogP contribution is 2.19. The smallest absolute Gasteiger partial charge is 0.262 e. The zero-order valence-corrected chi connectivity index (χ0v) is 14.3. The third-order valence-electron chi connectivity index (χ3n) is 3.52. The Kier molecular flexibility index (Phi) is 5.67. The Balaban J connectivity index is 1.51. The summed E-state index contributed by atoms with van der Waals surface area (Å²) in [7, 11) is 1.63. The predicted octanol–water partition coefficient (Wildman–Crippen LogP) is 3.85. The highest BCUT2D eigenvalue weighted by atomic mass is 16.5. The van der Waals surface area contributed by atoms with Crippen LogP contribution in [0.1, 0.15) is 0 Å². The maximum absolute atomic E-state index is 11.9. The van der Waals surface area contributed by atoms with Crippen LogP contribution in [0.4, 0.5) is 17.2 Å². The Morgan fingerprint density at radius 3 is 2.31 bits per heavy atom. The zero-order valence-electron chi connectivity index (χ0n) is 14.3. The Labute approximate surface area is 151 Å². The fourth-order valence-electron chi connectivity index (χ4n) is 2.23. The molecule has 3 aromatic rings. The SMILES string of the molecule is COc1ccc(Nc2ccc(NC(=O)COc3ccccc3)cn2)cc1. The van der Waals surface area contributed by atoms with Gasteiger partial charge in [0.25, 0.3) is 5.91 Å². The van der Waals surface area contributed by atoms with Crippen molar-refractivity contribution in [3.8, 4) is 11.5 Å². The van der Waals surface area contributed by atoms with E-state index in [-0.39, 0.29) is 12.5 Å². The molecule has 6 heteroatoms. The number of amides is 1. The number of hydrogen-bond donors (Lipinski definition) is 2. The molecule has 132 valence electrons. The van der Waals surface area contributed by atoms with Crippen LogP contribution in [-0.2, 0) is 4.79 Å². The number of rotatable bonds is 7. The first-order valence-corrected chi connectivity index (χ1v) is 8.08. The molecule has 3 rings (SSSR count). The Hall–Kier alpha value is -3.54. The van der Waals surface area contributed by atoms with Crippen LogP contribution < -0.4 is 20.1 Å². The normalized spacial score (nSPS) is 10.0. The number of anilines is 3. The van der Waals surface area contributed by atoms with Gasteiger partial charge in [0.15, 0.2) is 6.61 Å². The summed E-state index contributed by atoms with van der Waals surface area (Å²) in [5.74, 6) is 1.87. The van der Waals surface area contributed by atoms with Crippen molar-refractivity contribution < 1.29 is 14.3 Å². The summed E-state index contributed by atoms with van der Waals surface area (Å²) < 4.78 is 10.5. The van der Waals surface area contributed by atoms with Crippen LogP contribution in [-0.4, -0.2) is 24.6 Å². The number of carbonyl (C=O) groups excluding carboxylic acids is 1. The largest absolute Gasteiger partial charge is 0.497 e. The number of methoxy groups -OCH3 is 1. The average molecular weight is 349 g/mol. The second-order valence-corrected chi connectivity index (χ2v) is 5.44. The minimum atomic E-state index is -0.244. The minimum Gasteiger partial charge on any atom is -0.497 e. The lowest BCUT2D eigenvalue weighted by atomic mass is 10.3. The summed E-state index contributed by atoms with van der Waals surface area (Å²) in [6.07, 6.45) is 1.59. The predicted molar refractivity (Wildman–Crippen MR) is 101 cm³/mol. The van der Waals surface area contributed by atoms with Crippen LogP contribution in [0.15, 0.2) is 72.9 Å². The van der Waals surface area contributed by atoms with Crippen molar-refractivity contribution in [2.75, 3.05) is 24.4 Å². The zero-order chi connectivity index (χ0) is 18.2. The molecule has 0 aliphatic rings. The van der Waals surface area contributed by atoms with Crippen LogP contribution >= 0.6 is 0 Å². The maximum atomic E-state index is 11.9. The average Bonchev–Trinajstić information content (AvgIpc) is 2.69. The van der Waals surface area contributed by atoms with E-state index >= 15 is 0 Å². The van der Waals surface area contributed by atoms with Gasteiger partial charge in [-0.15, -0.1) is 0 Å². The van der Waals surface area contributed by atoms with Crippen molar-refractivity contribution in [1.82, 2.24) is 4.98 Å². The molecule has 0 aliphatic heterocycles. The van der Waals surface area contributed by atoms with Gasteiger partial charge >= 0.3 is 0 Å². The third kappa shape index (κ3) is 4.98. The van der Waals surface area contributed by atoms with Crippen LogP contribution in [0, 0.1) is 0 Å². The van der Waals surface area contributed by atoms with E-state index in [9.17, 15) is 4.79 Å². The highest BCUT2D eigenvalue weighted by Gasteiger charge is 2.04. The standard InChI is InChI=1S/C20H19N3O3/c1-25-17-10-7-15(8-11-17)22-19-12-9-16(13-21-19)23-20(24)14-26-18-5-3-2-4-6-18/h2-13H,14H2,1H3,(H,21,22)(H,23,24). The van der Waals surface area contributed by atoms with E-state index < -0.39 is 0 Å². The number of nitrogens with zero attached hydrogens (tertiary/aromatic N) is 1. The molecular weight excluding hydrogens is 330 g/mol. The van der Waals surface area contributed by atoms with Crippen LogP contribution in [0.25, 0.3) is 0 Å². The quantitative estimate of drug-likeness (QED) is 0.678. The molecule has 0 bridgehead atoms. The summed E-state index contributed by atoms with van der Waals surface area (Å²) in [6, 6.07) is 20.3. The lowest BCUT2D eigenvalue weighted by Crippen LogP contribution is -2.20. The summed E-state index contributed by atoms with van der Waals surface area (Å²) in [4.78, 5) is 16.2. The molecule has 0 aliphatic carbocycles. The van der Waals surface area contributed by atoms with Gasteiger partial charge in [-0.1, -0.05) is 18.2 Å². The summed E-state index contributed by atoms with van der Waals surface area (Å²) >= 11 is 0. The van der Waals surface area contributed by atoms with Crippen LogP contribution in [0.2, 0.25) is 0 Å². The highest BCUT2D eigenvalue weighted by molar-refractivity contribution is 5.91. The van der Waals surface area contributed by atoms with Crippen molar-refractivity contribution in [2.45, 2.75) is 0 Å². The molecule has 1 heterocycles. The molecule has 0 saturated heterocycles. The molecule has 26 heavy (non-hydrogen) atoms. The second kappa shape index (κ2) is 8.53. The lowest BCUT2D eigenvalue weighted by Gasteiger charge is -2.09. The summed E-state index contributed by atoms with van der Waals surface area (Å²) in [6.45, 7) is -0.0597. The van der Waals surface area contributed by atoms with Crippen LogP contribution in [0.5, 0.6) is 11.5 Å². The molecule has 2 aromatic carbocycles. The Bertz CT molecular complexity index is 834. The van der Waals surface area contributed by atoms with Crippen molar-refractivity contribution in [1.29, 1.82) is 0 Å². The van der Waals surface area contributed by atoms with E-state index in [1.54, 1.807) is 37.6 Å². The fourth-order valence-corrected chi connectivity index (χ4v) is 2.23. The lowest BCUT2D eigenvalue weighted by molar-refractivity contribution is -0.118. The molecular formula is C20H19N3O3. The molecule has 0 spiro atoms. The first kappa shape index (κ1) is 17.3. The number of hydrogen-bond acceptors (Lipinski definition) is 5. The molecule has 2 N–H and O–H groups in total. The first-order chi connectivity index (χ1) is 12.7.